The maximum absolute atomic E-state index is 10.6. The van der Waals surface area contributed by atoms with Crippen molar-refractivity contribution in [2.24, 2.45) is 5.16 Å². The van der Waals surface area contributed by atoms with Gasteiger partial charge in [0, 0.05) is 17.0 Å². The smallest absolute Gasteiger partial charge is 0.348 e. The van der Waals surface area contributed by atoms with Gasteiger partial charge in [-0.05, 0) is 12.1 Å². The Bertz CT molecular complexity index is 430. The first-order valence-electron chi connectivity index (χ1n) is 4.38. The van der Waals surface area contributed by atoms with Crippen molar-refractivity contribution in [2.75, 3.05) is 0 Å². The summed E-state index contributed by atoms with van der Waals surface area (Å²) in [5.74, 6) is -1.00. The lowest BCUT2D eigenvalue weighted by Crippen LogP contribution is -2.19. The molecule has 0 amide bonds. The Morgan fingerprint density at radius 3 is 3.00 bits per heavy atom. The molecule has 2 rings (SSSR count). The summed E-state index contributed by atoms with van der Waals surface area (Å²) in [6.45, 7) is 0. The summed E-state index contributed by atoms with van der Waals surface area (Å²) in [6.07, 6.45) is -0.602. The molecular formula is C10H8ClNO3. The number of carbonyl (C=O) groups is 1. The quantitative estimate of drug-likeness (QED) is 0.837. The average molecular weight is 226 g/mol. The van der Waals surface area contributed by atoms with Crippen molar-refractivity contribution in [3.8, 4) is 0 Å². The fourth-order valence-corrected chi connectivity index (χ4v) is 1.54. The fourth-order valence-electron chi connectivity index (χ4n) is 1.35. The zero-order valence-corrected chi connectivity index (χ0v) is 8.44. The molecule has 1 atom stereocenters. The van der Waals surface area contributed by atoms with Crippen LogP contribution in [-0.2, 0) is 9.63 Å². The molecule has 15 heavy (non-hydrogen) atoms. The molecular weight excluding hydrogens is 218 g/mol. The molecule has 1 aliphatic rings. The van der Waals surface area contributed by atoms with Crippen molar-refractivity contribution >= 4 is 23.3 Å². The summed E-state index contributed by atoms with van der Waals surface area (Å²) in [6, 6.07) is 7.08. The van der Waals surface area contributed by atoms with Crippen molar-refractivity contribution in [3.05, 3.63) is 34.9 Å². The predicted octanol–water partition coefficient (Wildman–Crippen LogP) is 1.92. The van der Waals surface area contributed by atoms with E-state index in [1.165, 1.54) is 0 Å². The summed E-state index contributed by atoms with van der Waals surface area (Å²) in [5.41, 5.74) is 1.41. The lowest BCUT2D eigenvalue weighted by molar-refractivity contribution is -0.148. The highest BCUT2D eigenvalue weighted by Gasteiger charge is 2.28. The minimum Gasteiger partial charge on any atom is -0.478 e. The van der Waals surface area contributed by atoms with E-state index in [-0.39, 0.29) is 6.42 Å². The number of rotatable bonds is 2. The molecule has 1 heterocycles. The van der Waals surface area contributed by atoms with Gasteiger partial charge in [-0.1, -0.05) is 28.9 Å². The Morgan fingerprint density at radius 1 is 1.60 bits per heavy atom. The standard InChI is InChI=1S/C10H8ClNO3/c11-7-3-1-2-6(4-7)8-5-9(10(13)14)15-12-8/h1-4,9H,5H2,(H,13,14)/t9-/m0/s1. The molecule has 0 aliphatic carbocycles. The number of nitrogens with zero attached hydrogens (tertiary/aromatic N) is 1. The molecule has 0 unspecified atom stereocenters. The maximum Gasteiger partial charge on any atom is 0.348 e. The predicted molar refractivity (Wildman–Crippen MR) is 55.1 cm³/mol. The lowest BCUT2D eigenvalue weighted by Gasteiger charge is -2.00. The van der Waals surface area contributed by atoms with Crippen LogP contribution in [0, 0.1) is 0 Å². The van der Waals surface area contributed by atoms with Gasteiger partial charge in [0.15, 0.2) is 0 Å². The van der Waals surface area contributed by atoms with Gasteiger partial charge >= 0.3 is 5.97 Å². The van der Waals surface area contributed by atoms with Crippen LogP contribution in [0.15, 0.2) is 29.4 Å². The third kappa shape index (κ3) is 2.10. The van der Waals surface area contributed by atoms with Crippen molar-refractivity contribution in [3.63, 3.8) is 0 Å². The van der Waals surface area contributed by atoms with Crippen LogP contribution in [-0.4, -0.2) is 22.9 Å². The summed E-state index contributed by atoms with van der Waals surface area (Å²) in [7, 11) is 0. The third-order valence-electron chi connectivity index (χ3n) is 2.10. The SMILES string of the molecule is O=C(O)[C@@H]1CC(c2cccc(Cl)c2)=NO1. The van der Waals surface area contributed by atoms with Crippen LogP contribution in [0.1, 0.15) is 12.0 Å². The van der Waals surface area contributed by atoms with Gasteiger partial charge in [0.1, 0.15) is 0 Å². The van der Waals surface area contributed by atoms with Crippen LogP contribution >= 0.6 is 11.6 Å². The number of carboxylic acid groups (broad SMARTS) is 1. The minimum atomic E-state index is -1.00. The maximum atomic E-state index is 10.6. The Labute approximate surface area is 91.1 Å². The Kier molecular flexibility index (Phi) is 2.60. The van der Waals surface area contributed by atoms with Crippen molar-refractivity contribution in [1.29, 1.82) is 0 Å². The summed E-state index contributed by atoms with van der Waals surface area (Å²) in [5, 5.41) is 13.0. The molecule has 1 aromatic carbocycles. The Morgan fingerprint density at radius 2 is 2.40 bits per heavy atom. The van der Waals surface area contributed by atoms with Crippen LogP contribution in [0.2, 0.25) is 5.02 Å². The zero-order chi connectivity index (χ0) is 10.8. The topological polar surface area (TPSA) is 58.9 Å². The van der Waals surface area contributed by atoms with E-state index in [9.17, 15) is 4.79 Å². The first-order valence-corrected chi connectivity index (χ1v) is 4.76. The van der Waals surface area contributed by atoms with Crippen LogP contribution in [0.3, 0.4) is 0 Å². The van der Waals surface area contributed by atoms with Gasteiger partial charge in [0.25, 0.3) is 0 Å². The van der Waals surface area contributed by atoms with Crippen LogP contribution < -0.4 is 0 Å². The van der Waals surface area contributed by atoms with E-state index in [1.807, 2.05) is 6.07 Å². The second-order valence-electron chi connectivity index (χ2n) is 3.18. The van der Waals surface area contributed by atoms with E-state index >= 15 is 0 Å². The largest absolute Gasteiger partial charge is 0.478 e. The summed E-state index contributed by atoms with van der Waals surface area (Å²) in [4.78, 5) is 15.4. The molecule has 0 saturated heterocycles. The van der Waals surface area contributed by atoms with Crippen LogP contribution in [0.25, 0.3) is 0 Å². The number of aliphatic carboxylic acids is 1. The molecule has 0 bridgehead atoms. The van der Waals surface area contributed by atoms with Crippen molar-refractivity contribution in [2.45, 2.75) is 12.5 Å². The molecule has 0 spiro atoms. The first-order chi connectivity index (χ1) is 7.16. The Balaban J connectivity index is 2.17. The number of benzene rings is 1. The van der Waals surface area contributed by atoms with Gasteiger partial charge in [-0.2, -0.15) is 0 Å². The number of hydrogen-bond acceptors (Lipinski definition) is 3. The molecule has 1 aliphatic heterocycles. The average Bonchev–Trinajstić information content (AvgIpc) is 2.66. The number of hydrogen-bond donors (Lipinski definition) is 1. The molecule has 0 saturated carbocycles. The fraction of sp³-hybridized carbons (Fsp3) is 0.200. The van der Waals surface area contributed by atoms with Crippen LogP contribution in [0.5, 0.6) is 0 Å². The van der Waals surface area contributed by atoms with Gasteiger partial charge in [-0.3, -0.25) is 0 Å². The normalized spacial score (nSPS) is 19.5. The molecule has 78 valence electrons. The van der Waals surface area contributed by atoms with E-state index in [2.05, 4.69) is 5.16 Å². The van der Waals surface area contributed by atoms with E-state index in [4.69, 9.17) is 21.5 Å². The monoisotopic (exact) mass is 225 g/mol. The minimum absolute atomic E-state index is 0.273. The summed E-state index contributed by atoms with van der Waals surface area (Å²) < 4.78 is 0. The highest BCUT2D eigenvalue weighted by Crippen LogP contribution is 2.19. The van der Waals surface area contributed by atoms with E-state index < -0.39 is 12.1 Å². The highest BCUT2D eigenvalue weighted by molar-refractivity contribution is 6.31. The third-order valence-corrected chi connectivity index (χ3v) is 2.34. The highest BCUT2D eigenvalue weighted by atomic mass is 35.5. The van der Waals surface area contributed by atoms with E-state index in [0.29, 0.717) is 10.7 Å². The van der Waals surface area contributed by atoms with E-state index in [0.717, 1.165) is 5.56 Å². The molecule has 0 radical (unpaired) electrons. The molecule has 1 N–H and O–H groups in total. The molecule has 5 heteroatoms. The number of carboxylic acids is 1. The van der Waals surface area contributed by atoms with Gasteiger partial charge in [0.05, 0.1) is 5.71 Å². The number of halogens is 1. The summed E-state index contributed by atoms with van der Waals surface area (Å²) >= 11 is 5.81. The van der Waals surface area contributed by atoms with Crippen molar-refractivity contribution < 1.29 is 14.7 Å². The van der Waals surface area contributed by atoms with E-state index in [1.54, 1.807) is 18.2 Å². The van der Waals surface area contributed by atoms with Gasteiger partial charge in [-0.15, -0.1) is 0 Å². The van der Waals surface area contributed by atoms with Crippen LogP contribution in [0.4, 0.5) is 0 Å². The second-order valence-corrected chi connectivity index (χ2v) is 3.62. The second kappa shape index (κ2) is 3.90. The van der Waals surface area contributed by atoms with Gasteiger partial charge < -0.3 is 9.94 Å². The number of oxime groups is 1. The first kappa shape index (κ1) is 9.98. The lowest BCUT2D eigenvalue weighted by atomic mass is 10.1. The molecule has 4 nitrogen and oxygen atoms in total. The molecule has 0 fully saturated rings. The Hall–Kier alpha value is -1.55. The zero-order valence-electron chi connectivity index (χ0n) is 7.68. The molecule has 0 aromatic heterocycles. The molecule has 1 aromatic rings. The van der Waals surface area contributed by atoms with Gasteiger partial charge in [0.2, 0.25) is 6.10 Å². The van der Waals surface area contributed by atoms with Crippen molar-refractivity contribution in [1.82, 2.24) is 0 Å². The van der Waals surface area contributed by atoms with Gasteiger partial charge in [-0.25, -0.2) is 4.79 Å².